The molecule has 0 heterocycles. The number of hydrogen-bond donors (Lipinski definition) is 1. The summed E-state index contributed by atoms with van der Waals surface area (Å²) < 4.78 is 10.6. The van der Waals surface area contributed by atoms with E-state index >= 15 is 0 Å². The standard InChI is InChI=1S/C22H19NO4/c1-15-17(22(25)26-2)12-8-13-19(15)23-21(24)18-11-6-7-14-20(18)27-16-9-4-3-5-10-16/h3-14H,1-2H3,(H,23,24). The summed E-state index contributed by atoms with van der Waals surface area (Å²) in [6, 6.07) is 21.3. The molecule has 0 saturated carbocycles. The Morgan fingerprint density at radius 3 is 2.22 bits per heavy atom. The van der Waals surface area contributed by atoms with E-state index in [0.717, 1.165) is 0 Å². The van der Waals surface area contributed by atoms with Gasteiger partial charge in [-0.1, -0.05) is 36.4 Å². The van der Waals surface area contributed by atoms with Gasteiger partial charge in [0, 0.05) is 5.69 Å². The fraction of sp³-hybridized carbons (Fsp3) is 0.0909. The predicted octanol–water partition coefficient (Wildman–Crippen LogP) is 4.83. The molecule has 0 unspecified atom stereocenters. The minimum absolute atomic E-state index is 0.327. The topological polar surface area (TPSA) is 64.6 Å². The summed E-state index contributed by atoms with van der Waals surface area (Å²) in [6.07, 6.45) is 0. The largest absolute Gasteiger partial charge is 0.465 e. The number of anilines is 1. The number of benzene rings is 3. The predicted molar refractivity (Wildman–Crippen MR) is 103 cm³/mol. The van der Waals surface area contributed by atoms with Gasteiger partial charge in [-0.05, 0) is 48.9 Å². The first-order chi connectivity index (χ1) is 13.1. The number of esters is 1. The highest BCUT2D eigenvalue weighted by molar-refractivity contribution is 6.07. The van der Waals surface area contributed by atoms with Crippen LogP contribution in [0.25, 0.3) is 0 Å². The molecule has 27 heavy (non-hydrogen) atoms. The first-order valence-electron chi connectivity index (χ1n) is 8.41. The molecule has 0 fully saturated rings. The van der Waals surface area contributed by atoms with E-state index in [1.165, 1.54) is 7.11 Å². The maximum Gasteiger partial charge on any atom is 0.338 e. The van der Waals surface area contributed by atoms with E-state index < -0.39 is 5.97 Å². The van der Waals surface area contributed by atoms with E-state index in [-0.39, 0.29) is 5.91 Å². The monoisotopic (exact) mass is 361 g/mol. The first-order valence-corrected chi connectivity index (χ1v) is 8.41. The number of hydrogen-bond acceptors (Lipinski definition) is 4. The minimum Gasteiger partial charge on any atom is -0.465 e. The number of methoxy groups -OCH3 is 1. The van der Waals surface area contributed by atoms with Crippen LogP contribution in [-0.4, -0.2) is 19.0 Å². The molecule has 0 spiro atoms. The van der Waals surface area contributed by atoms with Gasteiger partial charge in [0.1, 0.15) is 11.5 Å². The minimum atomic E-state index is -0.448. The fourth-order valence-electron chi connectivity index (χ4n) is 2.65. The van der Waals surface area contributed by atoms with Crippen molar-refractivity contribution in [2.24, 2.45) is 0 Å². The van der Waals surface area contributed by atoms with E-state index in [9.17, 15) is 9.59 Å². The Morgan fingerprint density at radius 1 is 0.815 bits per heavy atom. The molecule has 5 nitrogen and oxygen atoms in total. The quantitative estimate of drug-likeness (QED) is 0.661. The zero-order chi connectivity index (χ0) is 19.2. The average molecular weight is 361 g/mol. The molecule has 3 rings (SSSR count). The number of para-hydroxylation sites is 2. The molecule has 3 aromatic carbocycles. The van der Waals surface area contributed by atoms with Crippen molar-refractivity contribution in [3.05, 3.63) is 89.5 Å². The lowest BCUT2D eigenvalue weighted by molar-refractivity contribution is 0.0599. The van der Waals surface area contributed by atoms with E-state index in [1.54, 1.807) is 49.4 Å². The van der Waals surface area contributed by atoms with Gasteiger partial charge in [-0.15, -0.1) is 0 Å². The summed E-state index contributed by atoms with van der Waals surface area (Å²) in [5, 5.41) is 2.85. The van der Waals surface area contributed by atoms with Gasteiger partial charge >= 0.3 is 5.97 Å². The van der Waals surface area contributed by atoms with Crippen LogP contribution in [0, 0.1) is 6.92 Å². The third-order valence-corrected chi connectivity index (χ3v) is 4.09. The van der Waals surface area contributed by atoms with Crippen LogP contribution in [0.4, 0.5) is 5.69 Å². The molecule has 0 atom stereocenters. The second-order valence-electron chi connectivity index (χ2n) is 5.84. The van der Waals surface area contributed by atoms with Gasteiger partial charge in [0.2, 0.25) is 0 Å². The van der Waals surface area contributed by atoms with E-state index in [4.69, 9.17) is 9.47 Å². The van der Waals surface area contributed by atoms with Crippen molar-refractivity contribution < 1.29 is 19.1 Å². The molecule has 0 bridgehead atoms. The van der Waals surface area contributed by atoms with Crippen molar-refractivity contribution in [1.29, 1.82) is 0 Å². The molecule has 0 saturated heterocycles. The van der Waals surface area contributed by atoms with Gasteiger partial charge in [0.05, 0.1) is 18.2 Å². The Kier molecular flexibility index (Phi) is 5.52. The maximum atomic E-state index is 12.8. The zero-order valence-corrected chi connectivity index (χ0v) is 15.1. The third-order valence-electron chi connectivity index (χ3n) is 4.09. The van der Waals surface area contributed by atoms with Crippen molar-refractivity contribution >= 4 is 17.6 Å². The Morgan fingerprint density at radius 2 is 1.48 bits per heavy atom. The molecule has 136 valence electrons. The van der Waals surface area contributed by atoms with Crippen molar-refractivity contribution in [2.75, 3.05) is 12.4 Å². The lowest BCUT2D eigenvalue weighted by Gasteiger charge is -2.14. The van der Waals surface area contributed by atoms with Crippen LogP contribution in [0.5, 0.6) is 11.5 Å². The van der Waals surface area contributed by atoms with Gasteiger partial charge in [0.25, 0.3) is 5.91 Å². The molecule has 5 heteroatoms. The number of ether oxygens (including phenoxy) is 2. The molecule has 0 aromatic heterocycles. The summed E-state index contributed by atoms with van der Waals surface area (Å²) in [5.41, 5.74) is 1.98. The summed E-state index contributed by atoms with van der Waals surface area (Å²) in [6.45, 7) is 1.76. The van der Waals surface area contributed by atoms with Gasteiger partial charge in [-0.25, -0.2) is 4.79 Å². The maximum absolute atomic E-state index is 12.8. The number of carbonyl (C=O) groups excluding carboxylic acids is 2. The second kappa shape index (κ2) is 8.19. The molecule has 1 amide bonds. The molecular weight excluding hydrogens is 342 g/mol. The summed E-state index contributed by atoms with van der Waals surface area (Å²) in [4.78, 5) is 24.7. The molecule has 3 aromatic rings. The fourth-order valence-corrected chi connectivity index (χ4v) is 2.65. The Bertz CT molecular complexity index is 967. The number of amides is 1. The van der Waals surface area contributed by atoms with E-state index in [2.05, 4.69) is 5.32 Å². The van der Waals surface area contributed by atoms with E-state index in [1.807, 2.05) is 30.3 Å². The molecule has 0 aliphatic rings. The van der Waals surface area contributed by atoms with Crippen LogP contribution < -0.4 is 10.1 Å². The van der Waals surface area contributed by atoms with Gasteiger partial charge in [0.15, 0.2) is 0 Å². The zero-order valence-electron chi connectivity index (χ0n) is 15.1. The van der Waals surface area contributed by atoms with Crippen molar-refractivity contribution in [1.82, 2.24) is 0 Å². The summed E-state index contributed by atoms with van der Waals surface area (Å²) in [5.74, 6) is 0.313. The van der Waals surface area contributed by atoms with Crippen LogP contribution in [0.3, 0.4) is 0 Å². The van der Waals surface area contributed by atoms with Crippen molar-refractivity contribution in [2.45, 2.75) is 6.92 Å². The molecular formula is C22H19NO4. The molecule has 1 N–H and O–H groups in total. The second-order valence-corrected chi connectivity index (χ2v) is 5.84. The highest BCUT2D eigenvalue weighted by Crippen LogP contribution is 2.27. The SMILES string of the molecule is COC(=O)c1cccc(NC(=O)c2ccccc2Oc2ccccc2)c1C. The van der Waals surface area contributed by atoms with Crippen LogP contribution >= 0.6 is 0 Å². The Hall–Kier alpha value is -3.60. The smallest absolute Gasteiger partial charge is 0.338 e. The van der Waals surface area contributed by atoms with Crippen molar-refractivity contribution in [3.8, 4) is 11.5 Å². The Balaban J connectivity index is 1.87. The highest BCUT2D eigenvalue weighted by atomic mass is 16.5. The summed E-state index contributed by atoms with van der Waals surface area (Å²) >= 11 is 0. The van der Waals surface area contributed by atoms with Crippen LogP contribution in [0.1, 0.15) is 26.3 Å². The molecule has 0 aliphatic carbocycles. The Labute approximate surface area is 157 Å². The number of nitrogens with one attached hydrogen (secondary N) is 1. The lowest BCUT2D eigenvalue weighted by Crippen LogP contribution is -2.15. The molecule has 0 aliphatic heterocycles. The van der Waals surface area contributed by atoms with Gasteiger partial charge in [-0.2, -0.15) is 0 Å². The average Bonchev–Trinajstić information content (AvgIpc) is 2.70. The van der Waals surface area contributed by atoms with Gasteiger partial charge < -0.3 is 14.8 Å². The lowest BCUT2D eigenvalue weighted by atomic mass is 10.1. The molecule has 0 radical (unpaired) electrons. The van der Waals surface area contributed by atoms with E-state index in [0.29, 0.717) is 33.9 Å². The van der Waals surface area contributed by atoms with Crippen LogP contribution in [-0.2, 0) is 4.74 Å². The third kappa shape index (κ3) is 4.15. The highest BCUT2D eigenvalue weighted by Gasteiger charge is 2.17. The normalized spacial score (nSPS) is 10.1. The van der Waals surface area contributed by atoms with Crippen LogP contribution in [0.15, 0.2) is 72.8 Å². The van der Waals surface area contributed by atoms with Gasteiger partial charge in [-0.3, -0.25) is 4.79 Å². The van der Waals surface area contributed by atoms with Crippen molar-refractivity contribution in [3.63, 3.8) is 0 Å². The van der Waals surface area contributed by atoms with Crippen LogP contribution in [0.2, 0.25) is 0 Å². The number of carbonyl (C=O) groups is 2. The first kappa shape index (κ1) is 18.2. The number of rotatable bonds is 5. The summed E-state index contributed by atoms with van der Waals surface area (Å²) in [7, 11) is 1.32.